The Bertz CT molecular complexity index is 366. The highest BCUT2D eigenvalue weighted by Crippen LogP contribution is 2.06. The van der Waals surface area contributed by atoms with E-state index in [-0.39, 0.29) is 0 Å². The third-order valence-corrected chi connectivity index (χ3v) is 3.61. The van der Waals surface area contributed by atoms with E-state index in [0.29, 0.717) is 5.82 Å². The molecule has 0 saturated carbocycles. The normalized spacial score (nSPS) is 18.3. The van der Waals surface area contributed by atoms with E-state index in [4.69, 9.17) is 5.73 Å². The third-order valence-electron chi connectivity index (χ3n) is 3.61. The molecular weight excluding hydrogens is 238 g/mol. The van der Waals surface area contributed by atoms with Gasteiger partial charge in [0.15, 0.2) is 0 Å². The van der Waals surface area contributed by atoms with Gasteiger partial charge in [0.2, 0.25) is 0 Å². The van der Waals surface area contributed by atoms with Crippen LogP contribution in [0.2, 0.25) is 0 Å². The van der Waals surface area contributed by atoms with Crippen molar-refractivity contribution >= 4 is 5.82 Å². The van der Waals surface area contributed by atoms with E-state index >= 15 is 0 Å². The van der Waals surface area contributed by atoms with Crippen LogP contribution in [0.15, 0.2) is 12.3 Å². The summed E-state index contributed by atoms with van der Waals surface area (Å²) in [6.45, 7) is 12.8. The molecule has 1 aromatic rings. The van der Waals surface area contributed by atoms with Crippen LogP contribution in [0.4, 0.5) is 5.82 Å². The van der Waals surface area contributed by atoms with Gasteiger partial charge in [0.25, 0.3) is 0 Å². The summed E-state index contributed by atoms with van der Waals surface area (Å²) in [6.07, 6.45) is 3.10. The Balaban J connectivity index is 1.60. The van der Waals surface area contributed by atoms with Gasteiger partial charge in [0.1, 0.15) is 5.82 Å². The zero-order chi connectivity index (χ0) is 13.7. The molecule has 0 amide bonds. The molecule has 0 aliphatic carbocycles. The van der Waals surface area contributed by atoms with Gasteiger partial charge in [-0.3, -0.25) is 4.68 Å². The summed E-state index contributed by atoms with van der Waals surface area (Å²) >= 11 is 0. The second-order valence-corrected chi connectivity index (χ2v) is 5.89. The quantitative estimate of drug-likeness (QED) is 0.838. The van der Waals surface area contributed by atoms with Crippen LogP contribution in [0.3, 0.4) is 0 Å². The number of hydrogen-bond donors (Lipinski definition) is 1. The van der Waals surface area contributed by atoms with Crippen LogP contribution < -0.4 is 5.73 Å². The maximum absolute atomic E-state index is 5.60. The highest BCUT2D eigenvalue weighted by Gasteiger charge is 2.16. The van der Waals surface area contributed by atoms with Crippen LogP contribution in [0, 0.1) is 5.92 Å². The number of nitrogens with zero attached hydrogens (tertiary/aromatic N) is 4. The molecule has 5 heteroatoms. The minimum Gasteiger partial charge on any atom is -0.382 e. The van der Waals surface area contributed by atoms with Crippen molar-refractivity contribution in [3.63, 3.8) is 0 Å². The molecule has 0 unspecified atom stereocenters. The van der Waals surface area contributed by atoms with Crippen LogP contribution in [0.5, 0.6) is 0 Å². The summed E-state index contributed by atoms with van der Waals surface area (Å²) in [6, 6.07) is 1.85. The molecule has 19 heavy (non-hydrogen) atoms. The molecule has 1 aromatic heterocycles. The first-order valence-corrected chi connectivity index (χ1v) is 7.37. The fourth-order valence-electron chi connectivity index (χ4n) is 2.67. The molecule has 5 nitrogen and oxygen atoms in total. The first kappa shape index (κ1) is 14.3. The van der Waals surface area contributed by atoms with Gasteiger partial charge in [-0.05, 0) is 24.9 Å². The number of aryl methyl sites for hydroxylation is 1. The minimum absolute atomic E-state index is 0.613. The number of rotatable bonds is 6. The summed E-state index contributed by atoms with van der Waals surface area (Å²) in [5, 5.41) is 4.21. The lowest BCUT2D eigenvalue weighted by Gasteiger charge is -2.35. The van der Waals surface area contributed by atoms with Crippen molar-refractivity contribution in [3.8, 4) is 0 Å². The molecule has 1 aliphatic heterocycles. The highest BCUT2D eigenvalue weighted by molar-refractivity contribution is 5.23. The zero-order valence-electron chi connectivity index (χ0n) is 12.3. The van der Waals surface area contributed by atoms with Crippen molar-refractivity contribution in [1.82, 2.24) is 19.6 Å². The van der Waals surface area contributed by atoms with E-state index in [9.17, 15) is 0 Å². The monoisotopic (exact) mass is 265 g/mol. The van der Waals surface area contributed by atoms with Crippen molar-refractivity contribution in [2.45, 2.75) is 26.8 Å². The molecule has 108 valence electrons. The van der Waals surface area contributed by atoms with Gasteiger partial charge >= 0.3 is 0 Å². The van der Waals surface area contributed by atoms with Gasteiger partial charge in [0.05, 0.1) is 0 Å². The highest BCUT2D eigenvalue weighted by atomic mass is 15.3. The second kappa shape index (κ2) is 6.91. The summed E-state index contributed by atoms with van der Waals surface area (Å²) in [5.41, 5.74) is 5.60. The predicted molar refractivity (Wildman–Crippen MR) is 79.0 cm³/mol. The number of nitrogen functional groups attached to an aromatic ring is 1. The van der Waals surface area contributed by atoms with Gasteiger partial charge in [-0.25, -0.2) is 0 Å². The Morgan fingerprint density at radius 2 is 1.84 bits per heavy atom. The molecule has 0 aromatic carbocycles. The number of anilines is 1. The average Bonchev–Trinajstić information content (AvgIpc) is 2.77. The van der Waals surface area contributed by atoms with E-state index in [1.165, 1.54) is 32.7 Å². The predicted octanol–water partition coefficient (Wildman–Crippen LogP) is 1.13. The van der Waals surface area contributed by atoms with E-state index < -0.39 is 0 Å². The lowest BCUT2D eigenvalue weighted by Crippen LogP contribution is -2.47. The first-order valence-electron chi connectivity index (χ1n) is 7.37. The van der Waals surface area contributed by atoms with Crippen LogP contribution >= 0.6 is 0 Å². The summed E-state index contributed by atoms with van der Waals surface area (Å²) < 4.78 is 1.93. The van der Waals surface area contributed by atoms with Crippen LogP contribution in [0.1, 0.15) is 20.3 Å². The molecule has 0 bridgehead atoms. The van der Waals surface area contributed by atoms with Crippen LogP contribution in [0.25, 0.3) is 0 Å². The van der Waals surface area contributed by atoms with Gasteiger partial charge in [0, 0.05) is 45.5 Å². The van der Waals surface area contributed by atoms with Crippen molar-refractivity contribution in [2.24, 2.45) is 5.92 Å². The minimum atomic E-state index is 0.613. The maximum atomic E-state index is 5.60. The van der Waals surface area contributed by atoms with E-state index in [1.807, 2.05) is 16.9 Å². The van der Waals surface area contributed by atoms with Gasteiger partial charge in [-0.2, -0.15) is 5.10 Å². The fraction of sp³-hybridized carbons (Fsp3) is 0.786. The smallest absolute Gasteiger partial charge is 0.145 e. The molecule has 0 spiro atoms. The van der Waals surface area contributed by atoms with E-state index in [2.05, 4.69) is 28.7 Å². The van der Waals surface area contributed by atoms with Gasteiger partial charge < -0.3 is 15.5 Å². The largest absolute Gasteiger partial charge is 0.382 e. The Hall–Kier alpha value is -1.07. The van der Waals surface area contributed by atoms with Crippen LogP contribution in [-0.4, -0.2) is 58.8 Å². The molecule has 0 radical (unpaired) electrons. The average molecular weight is 265 g/mol. The Labute approximate surface area is 116 Å². The van der Waals surface area contributed by atoms with Gasteiger partial charge in [-0.15, -0.1) is 0 Å². The van der Waals surface area contributed by atoms with Crippen LogP contribution in [-0.2, 0) is 6.54 Å². The van der Waals surface area contributed by atoms with Crippen molar-refractivity contribution < 1.29 is 0 Å². The fourth-order valence-corrected chi connectivity index (χ4v) is 2.67. The molecule has 1 saturated heterocycles. The molecule has 0 atom stereocenters. The summed E-state index contributed by atoms with van der Waals surface area (Å²) in [5.74, 6) is 1.39. The third kappa shape index (κ3) is 4.84. The number of piperazine rings is 1. The SMILES string of the molecule is CC(C)CN1CCN(CCCn2ccc(N)n2)CC1. The van der Waals surface area contributed by atoms with Gasteiger partial charge in [-0.1, -0.05) is 13.8 Å². The lowest BCUT2D eigenvalue weighted by atomic mass is 10.2. The second-order valence-electron chi connectivity index (χ2n) is 5.89. The van der Waals surface area contributed by atoms with E-state index in [0.717, 1.165) is 25.4 Å². The van der Waals surface area contributed by atoms with Crippen molar-refractivity contribution in [2.75, 3.05) is 45.0 Å². The standard InChI is InChI=1S/C14H27N5/c1-13(2)12-18-10-8-17(9-11-18)5-3-6-19-7-4-14(15)16-19/h4,7,13H,3,5-6,8-12H2,1-2H3,(H2,15,16). The molecule has 2 rings (SSSR count). The lowest BCUT2D eigenvalue weighted by molar-refractivity contribution is 0.120. The van der Waals surface area contributed by atoms with E-state index in [1.54, 1.807) is 0 Å². The zero-order valence-corrected chi connectivity index (χ0v) is 12.3. The number of nitrogens with two attached hydrogens (primary N) is 1. The molecule has 1 aliphatic rings. The topological polar surface area (TPSA) is 50.3 Å². The molecule has 2 N–H and O–H groups in total. The Morgan fingerprint density at radius 3 is 2.42 bits per heavy atom. The van der Waals surface area contributed by atoms with Crippen molar-refractivity contribution in [3.05, 3.63) is 12.3 Å². The maximum Gasteiger partial charge on any atom is 0.145 e. The first-order chi connectivity index (χ1) is 9.13. The summed E-state index contributed by atoms with van der Waals surface area (Å²) in [7, 11) is 0. The molecule has 2 heterocycles. The van der Waals surface area contributed by atoms with Crippen molar-refractivity contribution in [1.29, 1.82) is 0 Å². The molecule has 1 fully saturated rings. The number of hydrogen-bond acceptors (Lipinski definition) is 4. The molecular formula is C14H27N5. The summed E-state index contributed by atoms with van der Waals surface area (Å²) in [4.78, 5) is 5.14. The Kier molecular flexibility index (Phi) is 5.22. The number of aromatic nitrogens is 2. The Morgan fingerprint density at radius 1 is 1.16 bits per heavy atom.